The molecule has 4 rings (SSSR count). The summed E-state index contributed by atoms with van der Waals surface area (Å²) in [5.41, 5.74) is 4.41. The summed E-state index contributed by atoms with van der Waals surface area (Å²) in [6, 6.07) is 20.4. The van der Waals surface area contributed by atoms with Gasteiger partial charge in [0, 0.05) is 5.41 Å². The average molecular weight is 449 g/mol. The Labute approximate surface area is 195 Å². The molecule has 1 aliphatic heterocycles. The first kappa shape index (κ1) is 23.7. The molecular weight excluding hydrogens is 421 g/mol. The van der Waals surface area contributed by atoms with Gasteiger partial charge < -0.3 is 10.1 Å². The molecule has 0 saturated carbocycles. The molecule has 0 aromatic heterocycles. The van der Waals surface area contributed by atoms with E-state index in [9.17, 15) is 13.2 Å². The number of halogens is 3. The van der Waals surface area contributed by atoms with Gasteiger partial charge in [-0.3, -0.25) is 0 Å². The minimum atomic E-state index is -4.41. The lowest BCUT2D eigenvalue weighted by molar-refractivity contribution is -0.137. The highest BCUT2D eigenvalue weighted by Gasteiger charge is 2.34. The van der Waals surface area contributed by atoms with Crippen LogP contribution in [0.15, 0.2) is 66.7 Å². The number of hydrogen-bond donors (Lipinski definition) is 1. The van der Waals surface area contributed by atoms with E-state index in [-0.39, 0.29) is 12.0 Å². The van der Waals surface area contributed by atoms with Gasteiger partial charge in [0.05, 0.1) is 18.8 Å². The van der Waals surface area contributed by atoms with E-state index in [0.717, 1.165) is 42.4 Å². The van der Waals surface area contributed by atoms with Gasteiger partial charge in [-0.2, -0.15) is 13.2 Å². The van der Waals surface area contributed by atoms with Gasteiger partial charge in [0.15, 0.2) is 0 Å². The Morgan fingerprint density at radius 3 is 2.12 bits per heavy atom. The first-order chi connectivity index (χ1) is 15.7. The molecular formula is C26H28B2F3NO. The van der Waals surface area contributed by atoms with Crippen molar-refractivity contribution in [2.45, 2.75) is 31.0 Å². The van der Waals surface area contributed by atoms with Gasteiger partial charge in [-0.05, 0) is 66.4 Å². The van der Waals surface area contributed by atoms with Gasteiger partial charge in [0.25, 0.3) is 0 Å². The van der Waals surface area contributed by atoms with Crippen LogP contribution in [0.3, 0.4) is 0 Å². The van der Waals surface area contributed by atoms with Crippen LogP contribution < -0.4 is 16.2 Å². The molecule has 0 atom stereocenters. The van der Waals surface area contributed by atoms with E-state index >= 15 is 0 Å². The van der Waals surface area contributed by atoms with Crippen molar-refractivity contribution in [3.8, 4) is 11.1 Å². The zero-order valence-electron chi connectivity index (χ0n) is 19.1. The largest absolute Gasteiger partial charge is 0.416 e. The van der Waals surface area contributed by atoms with Crippen molar-refractivity contribution in [1.29, 1.82) is 0 Å². The summed E-state index contributed by atoms with van der Waals surface area (Å²) in [7, 11) is 3.91. The molecule has 170 valence electrons. The summed E-state index contributed by atoms with van der Waals surface area (Å²) in [6.45, 7) is 2.43. The Hall–Kier alpha value is -2.50. The first-order valence-electron chi connectivity index (χ1n) is 11.4. The second kappa shape index (κ2) is 9.78. The summed E-state index contributed by atoms with van der Waals surface area (Å²) < 4.78 is 47.1. The molecule has 0 amide bonds. The van der Waals surface area contributed by atoms with E-state index in [1.807, 2.05) is 58.2 Å². The smallest absolute Gasteiger partial charge is 0.376 e. The summed E-state index contributed by atoms with van der Waals surface area (Å²) in [6.07, 6.45) is -2.54. The minimum absolute atomic E-state index is 0.120. The Balaban J connectivity index is 1.59. The summed E-state index contributed by atoms with van der Waals surface area (Å²) >= 11 is 0. The highest BCUT2D eigenvalue weighted by Crippen LogP contribution is 2.36. The molecule has 0 unspecified atom stereocenters. The molecule has 0 radical (unpaired) electrons. The number of benzene rings is 3. The van der Waals surface area contributed by atoms with Gasteiger partial charge in [-0.25, -0.2) is 0 Å². The van der Waals surface area contributed by atoms with Crippen molar-refractivity contribution in [1.82, 2.24) is 5.32 Å². The number of hydrogen-bond acceptors (Lipinski definition) is 2. The Morgan fingerprint density at radius 1 is 0.848 bits per heavy atom. The maximum atomic E-state index is 13.7. The van der Waals surface area contributed by atoms with Crippen molar-refractivity contribution in [2.24, 2.45) is 0 Å². The fraction of sp³-hybridized carbons (Fsp3) is 0.308. The van der Waals surface area contributed by atoms with Crippen LogP contribution in [-0.2, 0) is 22.9 Å². The quantitative estimate of drug-likeness (QED) is 0.585. The second-order valence-corrected chi connectivity index (χ2v) is 9.18. The first-order valence-corrected chi connectivity index (χ1v) is 11.4. The maximum Gasteiger partial charge on any atom is 0.416 e. The van der Waals surface area contributed by atoms with E-state index in [1.54, 1.807) is 0 Å². The minimum Gasteiger partial charge on any atom is -0.376 e. The summed E-state index contributed by atoms with van der Waals surface area (Å²) in [5.74, 6) is 0. The Kier molecular flexibility index (Phi) is 7.01. The number of piperidine rings is 1. The van der Waals surface area contributed by atoms with Crippen LogP contribution in [0.4, 0.5) is 13.2 Å². The van der Waals surface area contributed by atoms with Gasteiger partial charge in [-0.1, -0.05) is 59.5 Å². The highest BCUT2D eigenvalue weighted by molar-refractivity contribution is 6.38. The molecule has 0 aliphatic carbocycles. The molecule has 1 fully saturated rings. The SMILES string of the molecule is Bc1cc(B)cc(-c2cc(COCC3(c4ccccc4)CCNCC3)cc(C(F)(F)F)c2)c1. The monoisotopic (exact) mass is 449 g/mol. The topological polar surface area (TPSA) is 21.3 Å². The van der Waals surface area contributed by atoms with Gasteiger partial charge in [-0.15, -0.1) is 0 Å². The van der Waals surface area contributed by atoms with Gasteiger partial charge >= 0.3 is 6.18 Å². The zero-order chi connectivity index (χ0) is 23.5. The van der Waals surface area contributed by atoms with Crippen molar-refractivity contribution in [3.63, 3.8) is 0 Å². The van der Waals surface area contributed by atoms with Crippen LogP contribution in [0, 0.1) is 0 Å². The lowest BCUT2D eigenvalue weighted by Crippen LogP contribution is -2.43. The van der Waals surface area contributed by atoms with E-state index in [0.29, 0.717) is 17.7 Å². The van der Waals surface area contributed by atoms with Crippen molar-refractivity contribution in [2.75, 3.05) is 19.7 Å². The average Bonchev–Trinajstić information content (AvgIpc) is 2.79. The van der Waals surface area contributed by atoms with E-state index in [2.05, 4.69) is 17.4 Å². The molecule has 1 N–H and O–H groups in total. The highest BCUT2D eigenvalue weighted by atomic mass is 19.4. The molecule has 1 heterocycles. The standard InChI is InChI=1S/C26H28B2F3NO/c27-23-13-20(14-24(28)15-23)19-10-18(11-22(12-19)26(29,30)31)16-33-17-25(6-8-32-9-7-25)21-4-2-1-3-5-21/h1-5,10-15,32H,6-9,16-17,27-28H2. The summed E-state index contributed by atoms with van der Waals surface area (Å²) in [4.78, 5) is 0. The Bertz CT molecular complexity index is 1080. The van der Waals surface area contributed by atoms with Crippen LogP contribution in [0.5, 0.6) is 0 Å². The van der Waals surface area contributed by atoms with E-state index in [4.69, 9.17) is 4.74 Å². The molecule has 2 nitrogen and oxygen atoms in total. The third-order valence-electron chi connectivity index (χ3n) is 6.47. The van der Waals surface area contributed by atoms with Crippen molar-refractivity contribution >= 4 is 26.6 Å². The summed E-state index contributed by atoms with van der Waals surface area (Å²) in [5, 5.41) is 3.40. The lowest BCUT2D eigenvalue weighted by atomic mass is 9.74. The zero-order valence-corrected chi connectivity index (χ0v) is 19.1. The molecule has 0 spiro atoms. The fourth-order valence-corrected chi connectivity index (χ4v) is 4.82. The molecule has 3 aromatic carbocycles. The molecule has 0 bridgehead atoms. The van der Waals surface area contributed by atoms with Crippen LogP contribution in [-0.4, -0.2) is 35.4 Å². The van der Waals surface area contributed by atoms with Crippen LogP contribution in [0.25, 0.3) is 11.1 Å². The molecule has 3 aromatic rings. The maximum absolute atomic E-state index is 13.7. The third-order valence-corrected chi connectivity index (χ3v) is 6.47. The number of alkyl halides is 3. The second-order valence-electron chi connectivity index (χ2n) is 9.18. The van der Waals surface area contributed by atoms with Crippen LogP contribution in [0.2, 0.25) is 0 Å². The van der Waals surface area contributed by atoms with Gasteiger partial charge in [0.2, 0.25) is 0 Å². The molecule has 7 heteroatoms. The van der Waals surface area contributed by atoms with E-state index in [1.165, 1.54) is 17.7 Å². The fourth-order valence-electron chi connectivity index (χ4n) is 4.82. The molecule has 33 heavy (non-hydrogen) atoms. The number of nitrogens with one attached hydrogen (secondary N) is 1. The normalized spacial score (nSPS) is 16.0. The van der Waals surface area contributed by atoms with Gasteiger partial charge in [0.1, 0.15) is 15.7 Å². The lowest BCUT2D eigenvalue weighted by Gasteiger charge is -2.38. The molecule has 1 aliphatic rings. The Morgan fingerprint density at radius 2 is 1.48 bits per heavy atom. The predicted molar refractivity (Wildman–Crippen MR) is 133 cm³/mol. The third kappa shape index (κ3) is 5.71. The van der Waals surface area contributed by atoms with Crippen molar-refractivity contribution < 1.29 is 17.9 Å². The predicted octanol–water partition coefficient (Wildman–Crippen LogP) is 2.73. The van der Waals surface area contributed by atoms with Crippen LogP contribution in [0.1, 0.15) is 29.5 Å². The number of ether oxygens (including phenoxy) is 1. The molecule has 1 saturated heterocycles. The van der Waals surface area contributed by atoms with Crippen molar-refractivity contribution in [3.05, 3.63) is 83.4 Å². The van der Waals surface area contributed by atoms with Crippen LogP contribution >= 0.6 is 0 Å². The number of rotatable bonds is 6. The van der Waals surface area contributed by atoms with E-state index < -0.39 is 11.7 Å².